The van der Waals surface area contributed by atoms with Crippen molar-refractivity contribution in [2.75, 3.05) is 13.2 Å². The number of rotatable bonds is 8. The molecule has 0 bridgehead atoms. The summed E-state index contributed by atoms with van der Waals surface area (Å²) in [5.74, 6) is 0.955. The van der Waals surface area contributed by atoms with Gasteiger partial charge in [-0.3, -0.25) is 0 Å². The maximum atomic E-state index is 5.61. The lowest BCUT2D eigenvalue weighted by Crippen LogP contribution is -2.21. The van der Waals surface area contributed by atoms with Gasteiger partial charge in [-0.05, 0) is 65.5 Å². The Morgan fingerprint density at radius 3 is 2.57 bits per heavy atom. The van der Waals surface area contributed by atoms with Crippen molar-refractivity contribution in [2.45, 2.75) is 32.7 Å². The van der Waals surface area contributed by atoms with E-state index < -0.39 is 0 Å². The van der Waals surface area contributed by atoms with Crippen LogP contribution in [0, 0.1) is 0 Å². The van der Waals surface area contributed by atoms with Crippen LogP contribution in [0.4, 0.5) is 0 Å². The summed E-state index contributed by atoms with van der Waals surface area (Å²) in [5, 5.41) is 3.57. The van der Waals surface area contributed by atoms with Crippen LogP contribution in [0.15, 0.2) is 40.2 Å². The summed E-state index contributed by atoms with van der Waals surface area (Å²) < 4.78 is 6.81. The van der Waals surface area contributed by atoms with Gasteiger partial charge in [-0.2, -0.15) is 0 Å². The van der Waals surface area contributed by atoms with E-state index >= 15 is 0 Å². The van der Waals surface area contributed by atoms with Gasteiger partial charge < -0.3 is 10.1 Å². The van der Waals surface area contributed by atoms with Gasteiger partial charge in [0.25, 0.3) is 0 Å². The normalized spacial score (nSPS) is 12.3. The maximum absolute atomic E-state index is 5.61. The molecule has 1 aromatic carbocycles. The van der Waals surface area contributed by atoms with E-state index in [1.165, 1.54) is 14.2 Å². The van der Waals surface area contributed by atoms with E-state index in [9.17, 15) is 0 Å². The molecular formula is C17H22BrNOS. The van der Waals surface area contributed by atoms with Gasteiger partial charge in [0.2, 0.25) is 0 Å². The Hall–Kier alpha value is -0.840. The topological polar surface area (TPSA) is 21.3 Å². The number of thiophene rings is 1. The molecule has 2 nitrogen and oxygen atoms in total. The molecule has 0 spiro atoms. The van der Waals surface area contributed by atoms with Crippen molar-refractivity contribution in [1.82, 2.24) is 5.32 Å². The molecule has 21 heavy (non-hydrogen) atoms. The monoisotopic (exact) mass is 367 g/mol. The minimum absolute atomic E-state index is 0.355. The highest BCUT2D eigenvalue weighted by atomic mass is 79.9. The van der Waals surface area contributed by atoms with Crippen LogP contribution in [-0.2, 0) is 6.42 Å². The van der Waals surface area contributed by atoms with Crippen LogP contribution < -0.4 is 10.1 Å². The summed E-state index contributed by atoms with van der Waals surface area (Å²) in [7, 11) is 0. The van der Waals surface area contributed by atoms with Crippen molar-refractivity contribution >= 4 is 27.3 Å². The second kappa shape index (κ2) is 8.57. The maximum Gasteiger partial charge on any atom is 0.119 e. The third-order valence-corrected chi connectivity index (χ3v) is 4.99. The number of benzene rings is 1. The molecule has 0 saturated carbocycles. The SMILES string of the molecule is CCCOc1ccc(C(C)NCCc2ccc(Br)s2)cc1. The highest BCUT2D eigenvalue weighted by Gasteiger charge is 2.05. The molecule has 0 fully saturated rings. The number of halogens is 1. The summed E-state index contributed by atoms with van der Waals surface area (Å²) in [4.78, 5) is 1.41. The number of hydrogen-bond donors (Lipinski definition) is 1. The molecule has 0 aliphatic rings. The second-order valence-corrected chi connectivity index (χ2v) is 7.60. The Morgan fingerprint density at radius 2 is 1.95 bits per heavy atom. The fraction of sp³-hybridized carbons (Fsp3) is 0.412. The van der Waals surface area contributed by atoms with Gasteiger partial charge in [-0.1, -0.05) is 19.1 Å². The predicted molar refractivity (Wildman–Crippen MR) is 94.4 cm³/mol. The lowest BCUT2D eigenvalue weighted by Gasteiger charge is -2.14. The fourth-order valence-electron chi connectivity index (χ4n) is 2.09. The van der Waals surface area contributed by atoms with Crippen LogP contribution in [0.2, 0.25) is 0 Å². The number of ether oxygens (including phenoxy) is 1. The second-order valence-electron chi connectivity index (χ2n) is 5.05. The smallest absolute Gasteiger partial charge is 0.119 e. The lowest BCUT2D eigenvalue weighted by molar-refractivity contribution is 0.317. The molecule has 4 heteroatoms. The van der Waals surface area contributed by atoms with E-state index in [4.69, 9.17) is 4.74 Å². The molecule has 1 aromatic heterocycles. The average molecular weight is 368 g/mol. The van der Waals surface area contributed by atoms with Gasteiger partial charge >= 0.3 is 0 Å². The molecule has 114 valence electrons. The number of nitrogens with one attached hydrogen (secondary N) is 1. The van der Waals surface area contributed by atoms with E-state index in [2.05, 4.69) is 71.5 Å². The lowest BCUT2D eigenvalue weighted by atomic mass is 10.1. The van der Waals surface area contributed by atoms with Crippen LogP contribution in [0.5, 0.6) is 5.75 Å². The van der Waals surface area contributed by atoms with Crippen LogP contribution >= 0.6 is 27.3 Å². The standard InChI is InChI=1S/C17H22BrNOS/c1-3-12-20-15-6-4-14(5-7-15)13(2)19-11-10-16-8-9-17(18)21-16/h4-9,13,19H,3,10-12H2,1-2H3. The molecule has 0 amide bonds. The first-order chi connectivity index (χ1) is 10.2. The zero-order valence-electron chi connectivity index (χ0n) is 12.6. The van der Waals surface area contributed by atoms with Crippen LogP contribution in [0.1, 0.15) is 36.8 Å². The van der Waals surface area contributed by atoms with Gasteiger partial charge in [-0.15, -0.1) is 11.3 Å². The average Bonchev–Trinajstić information content (AvgIpc) is 2.91. The quantitative estimate of drug-likeness (QED) is 0.692. The van der Waals surface area contributed by atoms with Gasteiger partial charge in [0, 0.05) is 17.5 Å². The molecule has 0 aliphatic carbocycles. The Labute approximate surface area is 139 Å². The zero-order chi connectivity index (χ0) is 15.1. The molecule has 0 saturated heterocycles. The summed E-state index contributed by atoms with van der Waals surface area (Å²) >= 11 is 5.31. The minimum Gasteiger partial charge on any atom is -0.494 e. The molecular weight excluding hydrogens is 346 g/mol. The van der Waals surface area contributed by atoms with E-state index in [0.29, 0.717) is 6.04 Å². The van der Waals surface area contributed by atoms with Crippen molar-refractivity contribution in [2.24, 2.45) is 0 Å². The molecule has 2 rings (SSSR count). The fourth-order valence-corrected chi connectivity index (χ4v) is 3.57. The van der Waals surface area contributed by atoms with Gasteiger partial charge in [0.1, 0.15) is 5.75 Å². The third-order valence-electron chi connectivity index (χ3n) is 3.30. The van der Waals surface area contributed by atoms with Crippen molar-refractivity contribution in [3.8, 4) is 5.75 Å². The summed E-state index contributed by atoms with van der Waals surface area (Å²) in [6.07, 6.45) is 2.11. The minimum atomic E-state index is 0.355. The van der Waals surface area contributed by atoms with E-state index in [1.807, 2.05) is 0 Å². The Bertz CT molecular complexity index is 538. The van der Waals surface area contributed by atoms with Crippen molar-refractivity contribution in [3.63, 3.8) is 0 Å². The number of hydrogen-bond acceptors (Lipinski definition) is 3. The molecule has 0 radical (unpaired) electrons. The summed E-state index contributed by atoms with van der Waals surface area (Å²) in [6.45, 7) is 6.09. The van der Waals surface area contributed by atoms with Crippen molar-refractivity contribution in [1.29, 1.82) is 0 Å². The third kappa shape index (κ3) is 5.46. The van der Waals surface area contributed by atoms with Crippen molar-refractivity contribution in [3.05, 3.63) is 50.6 Å². The summed E-state index contributed by atoms with van der Waals surface area (Å²) in [5.41, 5.74) is 1.30. The van der Waals surface area contributed by atoms with Gasteiger partial charge in [0.05, 0.1) is 10.4 Å². The van der Waals surface area contributed by atoms with Gasteiger partial charge in [-0.25, -0.2) is 0 Å². The van der Waals surface area contributed by atoms with E-state index in [1.54, 1.807) is 11.3 Å². The van der Waals surface area contributed by atoms with Crippen LogP contribution in [-0.4, -0.2) is 13.2 Å². The summed E-state index contributed by atoms with van der Waals surface area (Å²) in [6, 6.07) is 13.0. The predicted octanol–water partition coefficient (Wildman–Crippen LogP) is 5.19. The highest BCUT2D eigenvalue weighted by molar-refractivity contribution is 9.11. The first-order valence-electron chi connectivity index (χ1n) is 7.39. The molecule has 1 atom stereocenters. The van der Waals surface area contributed by atoms with E-state index in [0.717, 1.165) is 31.7 Å². The Morgan fingerprint density at radius 1 is 1.19 bits per heavy atom. The Kier molecular flexibility index (Phi) is 6.74. The highest BCUT2D eigenvalue weighted by Crippen LogP contribution is 2.22. The largest absolute Gasteiger partial charge is 0.494 e. The first kappa shape index (κ1) is 16.5. The van der Waals surface area contributed by atoms with Gasteiger partial charge in [0.15, 0.2) is 0 Å². The molecule has 1 N–H and O–H groups in total. The van der Waals surface area contributed by atoms with E-state index in [-0.39, 0.29) is 0 Å². The molecule has 2 aromatic rings. The van der Waals surface area contributed by atoms with Crippen LogP contribution in [0.25, 0.3) is 0 Å². The first-order valence-corrected chi connectivity index (χ1v) is 9.00. The van der Waals surface area contributed by atoms with Crippen LogP contribution in [0.3, 0.4) is 0 Å². The Balaban J connectivity index is 1.78. The molecule has 0 aliphatic heterocycles. The zero-order valence-corrected chi connectivity index (χ0v) is 15.0. The molecule has 1 unspecified atom stereocenters. The van der Waals surface area contributed by atoms with Crippen molar-refractivity contribution < 1.29 is 4.74 Å². The molecule has 1 heterocycles.